The lowest BCUT2D eigenvalue weighted by Crippen LogP contribution is -2.30. The smallest absolute Gasteiger partial charge is 0.216 e. The lowest BCUT2D eigenvalue weighted by atomic mass is 10.1. The summed E-state index contributed by atoms with van der Waals surface area (Å²) in [5.74, 6) is 5.74. The van der Waals surface area contributed by atoms with Gasteiger partial charge in [0.25, 0.3) is 0 Å². The van der Waals surface area contributed by atoms with E-state index in [0.717, 1.165) is 11.1 Å². The van der Waals surface area contributed by atoms with E-state index in [1.807, 2.05) is 24.3 Å². The number of aliphatic hydroxyl groups is 1. The second-order valence-corrected chi connectivity index (χ2v) is 6.73. The first kappa shape index (κ1) is 17.7. The second kappa shape index (κ2) is 8.80. The summed E-state index contributed by atoms with van der Waals surface area (Å²) in [5, 5.41) is 8.65. The summed E-state index contributed by atoms with van der Waals surface area (Å²) in [7, 11) is -0.262. The summed E-state index contributed by atoms with van der Waals surface area (Å²) in [6.07, 6.45) is 0.447. The molecular formula is C15H21NO4S. The van der Waals surface area contributed by atoms with Gasteiger partial charge in [0, 0.05) is 32.7 Å². The first-order valence-corrected chi connectivity index (χ1v) is 8.22. The van der Waals surface area contributed by atoms with Gasteiger partial charge in [0.2, 0.25) is 10.0 Å². The molecule has 0 aliphatic carbocycles. The van der Waals surface area contributed by atoms with Crippen LogP contribution in [-0.2, 0) is 21.3 Å². The molecule has 0 saturated heterocycles. The molecule has 1 aromatic carbocycles. The van der Waals surface area contributed by atoms with Gasteiger partial charge in [-0.25, -0.2) is 12.7 Å². The van der Waals surface area contributed by atoms with E-state index in [2.05, 4.69) is 11.8 Å². The molecule has 0 unspecified atom stereocenters. The Kier molecular flexibility index (Phi) is 7.40. The van der Waals surface area contributed by atoms with Crippen molar-refractivity contribution in [3.8, 4) is 11.8 Å². The van der Waals surface area contributed by atoms with Crippen LogP contribution in [0.1, 0.15) is 17.5 Å². The normalized spacial score (nSPS) is 11.2. The standard InChI is InChI=1S/C15H21NO4S/c1-16(21(18,19)12-11-20-2)13-15-8-6-14(7-9-15)5-3-4-10-17/h6-9,17H,4,10-13H2,1-2H3. The Hall–Kier alpha value is -1.39. The highest BCUT2D eigenvalue weighted by molar-refractivity contribution is 7.89. The molecule has 0 amide bonds. The maximum absolute atomic E-state index is 11.9. The minimum Gasteiger partial charge on any atom is -0.395 e. The summed E-state index contributed by atoms with van der Waals surface area (Å²) < 4.78 is 30.0. The number of benzene rings is 1. The van der Waals surface area contributed by atoms with Crippen LogP contribution >= 0.6 is 0 Å². The van der Waals surface area contributed by atoms with Crippen LogP contribution in [0.25, 0.3) is 0 Å². The molecule has 116 valence electrons. The summed E-state index contributed by atoms with van der Waals surface area (Å²) in [4.78, 5) is 0. The van der Waals surface area contributed by atoms with Crippen molar-refractivity contribution >= 4 is 10.0 Å². The van der Waals surface area contributed by atoms with Crippen LogP contribution in [0, 0.1) is 11.8 Å². The molecule has 0 radical (unpaired) electrons. The fourth-order valence-electron chi connectivity index (χ4n) is 1.61. The van der Waals surface area contributed by atoms with Gasteiger partial charge in [0.1, 0.15) is 0 Å². The molecule has 0 saturated carbocycles. The van der Waals surface area contributed by atoms with Crippen LogP contribution in [-0.4, -0.2) is 51.0 Å². The van der Waals surface area contributed by atoms with E-state index in [9.17, 15) is 8.42 Å². The zero-order chi connectivity index (χ0) is 15.7. The molecule has 0 spiro atoms. The molecule has 0 heterocycles. The minimum absolute atomic E-state index is 0.0231. The van der Waals surface area contributed by atoms with E-state index in [4.69, 9.17) is 9.84 Å². The van der Waals surface area contributed by atoms with Crippen molar-refractivity contribution in [1.82, 2.24) is 4.31 Å². The average molecular weight is 311 g/mol. The van der Waals surface area contributed by atoms with Crippen LogP contribution < -0.4 is 0 Å². The fourth-order valence-corrected chi connectivity index (χ4v) is 2.65. The molecule has 5 nitrogen and oxygen atoms in total. The van der Waals surface area contributed by atoms with Gasteiger partial charge in [-0.15, -0.1) is 0 Å². The molecule has 0 atom stereocenters. The molecular weight excluding hydrogens is 290 g/mol. The lowest BCUT2D eigenvalue weighted by molar-refractivity contribution is 0.215. The minimum atomic E-state index is -3.30. The Morgan fingerprint density at radius 2 is 1.95 bits per heavy atom. The van der Waals surface area contributed by atoms with Crippen molar-refractivity contribution in [3.05, 3.63) is 35.4 Å². The maximum Gasteiger partial charge on any atom is 0.216 e. The second-order valence-electron chi connectivity index (χ2n) is 4.54. The zero-order valence-electron chi connectivity index (χ0n) is 12.4. The van der Waals surface area contributed by atoms with E-state index >= 15 is 0 Å². The number of ether oxygens (including phenoxy) is 1. The Morgan fingerprint density at radius 1 is 1.29 bits per heavy atom. The van der Waals surface area contributed by atoms with Crippen LogP contribution in [0.3, 0.4) is 0 Å². The number of aliphatic hydroxyl groups excluding tert-OH is 1. The Labute approximate surface area is 126 Å². The van der Waals surface area contributed by atoms with E-state index in [1.54, 1.807) is 7.05 Å². The number of rotatable bonds is 7. The van der Waals surface area contributed by atoms with Gasteiger partial charge < -0.3 is 9.84 Å². The molecule has 1 rings (SSSR count). The van der Waals surface area contributed by atoms with Crippen LogP contribution in [0.15, 0.2) is 24.3 Å². The van der Waals surface area contributed by atoms with Gasteiger partial charge in [-0.3, -0.25) is 0 Å². The number of methoxy groups -OCH3 is 1. The van der Waals surface area contributed by atoms with Gasteiger partial charge >= 0.3 is 0 Å². The Morgan fingerprint density at radius 3 is 2.52 bits per heavy atom. The number of hydrogen-bond acceptors (Lipinski definition) is 4. The predicted octanol–water partition coefficient (Wildman–Crippen LogP) is 0.828. The van der Waals surface area contributed by atoms with E-state index in [1.165, 1.54) is 11.4 Å². The van der Waals surface area contributed by atoms with Crippen molar-refractivity contribution in [3.63, 3.8) is 0 Å². The van der Waals surface area contributed by atoms with Gasteiger partial charge in [0.05, 0.1) is 19.0 Å². The van der Waals surface area contributed by atoms with Crippen molar-refractivity contribution in [1.29, 1.82) is 0 Å². The van der Waals surface area contributed by atoms with Gasteiger partial charge in [-0.1, -0.05) is 24.0 Å². The van der Waals surface area contributed by atoms with Crippen LogP contribution in [0.4, 0.5) is 0 Å². The third kappa shape index (κ3) is 6.27. The molecule has 0 bridgehead atoms. The fraction of sp³-hybridized carbons (Fsp3) is 0.467. The van der Waals surface area contributed by atoms with E-state index in [0.29, 0.717) is 13.0 Å². The Bertz CT molecular complexity index is 584. The number of sulfonamides is 1. The van der Waals surface area contributed by atoms with Crippen molar-refractivity contribution in [2.75, 3.05) is 33.1 Å². The summed E-state index contributed by atoms with van der Waals surface area (Å²) >= 11 is 0. The molecule has 0 aliphatic heterocycles. The SMILES string of the molecule is COCCS(=O)(=O)N(C)Cc1ccc(C#CCCO)cc1. The maximum atomic E-state index is 11.9. The first-order chi connectivity index (χ1) is 9.99. The molecule has 21 heavy (non-hydrogen) atoms. The Balaban J connectivity index is 2.65. The topological polar surface area (TPSA) is 66.8 Å². The lowest BCUT2D eigenvalue weighted by Gasteiger charge is -2.17. The highest BCUT2D eigenvalue weighted by Crippen LogP contribution is 2.09. The van der Waals surface area contributed by atoms with Crippen LogP contribution in [0.5, 0.6) is 0 Å². The quantitative estimate of drug-likeness (QED) is 0.758. The monoisotopic (exact) mass is 311 g/mol. The number of nitrogens with zero attached hydrogens (tertiary/aromatic N) is 1. The van der Waals surface area contributed by atoms with Crippen molar-refractivity contribution < 1.29 is 18.3 Å². The predicted molar refractivity (Wildman–Crippen MR) is 82.2 cm³/mol. The van der Waals surface area contributed by atoms with E-state index in [-0.39, 0.29) is 19.0 Å². The van der Waals surface area contributed by atoms with Gasteiger partial charge in [-0.05, 0) is 17.7 Å². The summed E-state index contributed by atoms with van der Waals surface area (Å²) in [6, 6.07) is 7.39. The largest absolute Gasteiger partial charge is 0.395 e. The molecule has 6 heteroatoms. The first-order valence-electron chi connectivity index (χ1n) is 6.61. The molecule has 0 aromatic heterocycles. The highest BCUT2D eigenvalue weighted by Gasteiger charge is 2.17. The van der Waals surface area contributed by atoms with Gasteiger partial charge in [0.15, 0.2) is 0 Å². The molecule has 0 aliphatic rings. The summed E-state index contributed by atoms with van der Waals surface area (Å²) in [5.41, 5.74) is 1.74. The highest BCUT2D eigenvalue weighted by atomic mass is 32.2. The molecule has 1 aromatic rings. The summed E-state index contributed by atoms with van der Waals surface area (Å²) in [6.45, 7) is 0.553. The molecule has 0 fully saturated rings. The van der Waals surface area contributed by atoms with Crippen molar-refractivity contribution in [2.45, 2.75) is 13.0 Å². The third-order valence-electron chi connectivity index (χ3n) is 2.85. The average Bonchev–Trinajstić information content (AvgIpc) is 2.47. The zero-order valence-corrected chi connectivity index (χ0v) is 13.2. The van der Waals surface area contributed by atoms with Crippen LogP contribution in [0.2, 0.25) is 0 Å². The number of hydrogen-bond donors (Lipinski definition) is 1. The molecule has 1 N–H and O–H groups in total. The third-order valence-corrected chi connectivity index (χ3v) is 4.61. The van der Waals surface area contributed by atoms with Gasteiger partial charge in [-0.2, -0.15) is 0 Å². The van der Waals surface area contributed by atoms with E-state index < -0.39 is 10.0 Å². The van der Waals surface area contributed by atoms with Crippen molar-refractivity contribution in [2.24, 2.45) is 0 Å².